The molecule has 0 unspecified atom stereocenters. The monoisotopic (exact) mass is 275 g/mol. The van der Waals surface area contributed by atoms with E-state index >= 15 is 0 Å². The summed E-state index contributed by atoms with van der Waals surface area (Å²) in [4.78, 5) is 8.71. The smallest absolute Gasteiger partial charge is 0.147 e. The molecule has 2 aromatic heterocycles. The standard InChI is InChI=1S/C15H21N3S/c1-2-3-11-4-6-12(7-5-11)18-15-14-13(8-9-19-14)16-10-17-15/h8-12H,2-7H2,1H3,(H,16,17,18). The zero-order chi connectivity index (χ0) is 13.1. The van der Waals surface area contributed by atoms with Crippen LogP contribution in [0, 0.1) is 5.92 Å². The molecule has 0 radical (unpaired) electrons. The fourth-order valence-electron chi connectivity index (χ4n) is 3.09. The molecule has 1 aliphatic carbocycles. The first-order chi connectivity index (χ1) is 9.36. The predicted octanol–water partition coefficient (Wildman–Crippen LogP) is 4.46. The predicted molar refractivity (Wildman–Crippen MR) is 81.7 cm³/mol. The van der Waals surface area contributed by atoms with Gasteiger partial charge in [-0.2, -0.15) is 0 Å². The third kappa shape index (κ3) is 2.89. The minimum Gasteiger partial charge on any atom is -0.366 e. The molecule has 19 heavy (non-hydrogen) atoms. The first-order valence-corrected chi connectivity index (χ1v) is 8.19. The Bertz CT molecular complexity index is 529. The van der Waals surface area contributed by atoms with Crippen LogP contribution in [-0.4, -0.2) is 16.0 Å². The summed E-state index contributed by atoms with van der Waals surface area (Å²) in [5, 5.41) is 5.72. The summed E-state index contributed by atoms with van der Waals surface area (Å²) in [6.45, 7) is 2.29. The van der Waals surface area contributed by atoms with E-state index in [1.165, 1.54) is 43.2 Å². The van der Waals surface area contributed by atoms with Gasteiger partial charge in [0, 0.05) is 6.04 Å². The maximum absolute atomic E-state index is 4.42. The Labute approximate surface area is 118 Å². The van der Waals surface area contributed by atoms with Crippen LogP contribution < -0.4 is 5.32 Å². The van der Waals surface area contributed by atoms with Crippen LogP contribution in [0.1, 0.15) is 45.4 Å². The maximum atomic E-state index is 4.42. The normalized spacial score (nSPS) is 23.6. The second kappa shape index (κ2) is 5.87. The molecule has 1 saturated carbocycles. The molecule has 0 amide bonds. The molecule has 3 rings (SSSR count). The van der Waals surface area contributed by atoms with Crippen LogP contribution in [0.2, 0.25) is 0 Å². The maximum Gasteiger partial charge on any atom is 0.147 e. The number of thiophene rings is 1. The Morgan fingerprint density at radius 1 is 1.26 bits per heavy atom. The Hall–Kier alpha value is -1.16. The number of aromatic nitrogens is 2. The average Bonchev–Trinajstić information content (AvgIpc) is 2.91. The van der Waals surface area contributed by atoms with E-state index in [1.54, 1.807) is 17.7 Å². The van der Waals surface area contributed by atoms with Gasteiger partial charge in [0.2, 0.25) is 0 Å². The molecule has 2 heterocycles. The van der Waals surface area contributed by atoms with Crippen molar-refractivity contribution in [3.8, 4) is 0 Å². The highest BCUT2D eigenvalue weighted by atomic mass is 32.1. The van der Waals surface area contributed by atoms with Gasteiger partial charge in [-0.25, -0.2) is 9.97 Å². The van der Waals surface area contributed by atoms with E-state index in [-0.39, 0.29) is 0 Å². The average molecular weight is 275 g/mol. The lowest BCUT2D eigenvalue weighted by Crippen LogP contribution is -2.26. The summed E-state index contributed by atoms with van der Waals surface area (Å²) in [6, 6.07) is 2.65. The number of rotatable bonds is 4. The first kappa shape index (κ1) is 12.9. The molecule has 0 spiro atoms. The van der Waals surface area contributed by atoms with Gasteiger partial charge in [-0.1, -0.05) is 19.8 Å². The van der Waals surface area contributed by atoms with Gasteiger partial charge in [0.1, 0.15) is 12.1 Å². The third-order valence-corrected chi connectivity index (χ3v) is 5.04. The van der Waals surface area contributed by atoms with Crippen molar-refractivity contribution in [3.05, 3.63) is 17.8 Å². The highest BCUT2D eigenvalue weighted by Crippen LogP contribution is 2.31. The topological polar surface area (TPSA) is 37.8 Å². The molecule has 0 saturated heterocycles. The van der Waals surface area contributed by atoms with Crippen molar-refractivity contribution in [3.63, 3.8) is 0 Å². The van der Waals surface area contributed by atoms with Crippen LogP contribution in [-0.2, 0) is 0 Å². The van der Waals surface area contributed by atoms with Crippen molar-refractivity contribution in [1.82, 2.24) is 9.97 Å². The van der Waals surface area contributed by atoms with Gasteiger partial charge in [-0.15, -0.1) is 11.3 Å². The Morgan fingerprint density at radius 3 is 2.89 bits per heavy atom. The minimum absolute atomic E-state index is 0.591. The number of hydrogen-bond acceptors (Lipinski definition) is 4. The van der Waals surface area contributed by atoms with E-state index in [9.17, 15) is 0 Å². The lowest BCUT2D eigenvalue weighted by Gasteiger charge is -2.29. The lowest BCUT2D eigenvalue weighted by molar-refractivity contribution is 0.318. The van der Waals surface area contributed by atoms with Crippen LogP contribution in [0.3, 0.4) is 0 Å². The van der Waals surface area contributed by atoms with Crippen LogP contribution in [0.25, 0.3) is 10.2 Å². The van der Waals surface area contributed by atoms with E-state index in [4.69, 9.17) is 0 Å². The second-order valence-electron chi connectivity index (χ2n) is 5.51. The van der Waals surface area contributed by atoms with Gasteiger partial charge in [0.05, 0.1) is 10.2 Å². The van der Waals surface area contributed by atoms with Crippen molar-refractivity contribution in [2.75, 3.05) is 5.32 Å². The van der Waals surface area contributed by atoms with Crippen molar-refractivity contribution in [1.29, 1.82) is 0 Å². The van der Waals surface area contributed by atoms with Crippen LogP contribution in [0.5, 0.6) is 0 Å². The number of hydrogen-bond donors (Lipinski definition) is 1. The number of nitrogens with zero attached hydrogens (tertiary/aromatic N) is 2. The number of nitrogens with one attached hydrogen (secondary N) is 1. The van der Waals surface area contributed by atoms with Crippen molar-refractivity contribution < 1.29 is 0 Å². The molecule has 1 N–H and O–H groups in total. The van der Waals surface area contributed by atoms with Gasteiger partial charge in [0.15, 0.2) is 0 Å². The van der Waals surface area contributed by atoms with Gasteiger partial charge >= 0.3 is 0 Å². The lowest BCUT2D eigenvalue weighted by atomic mass is 9.83. The van der Waals surface area contributed by atoms with E-state index in [2.05, 4.69) is 33.7 Å². The molecule has 4 heteroatoms. The molecular weight excluding hydrogens is 254 g/mol. The number of fused-ring (bicyclic) bond motifs is 1. The van der Waals surface area contributed by atoms with Crippen LogP contribution >= 0.6 is 11.3 Å². The summed E-state index contributed by atoms with van der Waals surface area (Å²) in [6.07, 6.45) is 9.68. The molecule has 0 bridgehead atoms. The fourth-order valence-corrected chi connectivity index (χ4v) is 3.89. The quantitative estimate of drug-likeness (QED) is 0.895. The second-order valence-corrected chi connectivity index (χ2v) is 6.42. The zero-order valence-corrected chi connectivity index (χ0v) is 12.2. The van der Waals surface area contributed by atoms with Gasteiger partial charge in [0.25, 0.3) is 0 Å². The summed E-state index contributed by atoms with van der Waals surface area (Å²) < 4.78 is 1.19. The Morgan fingerprint density at radius 2 is 2.11 bits per heavy atom. The molecule has 0 atom stereocenters. The molecular formula is C15H21N3S. The van der Waals surface area contributed by atoms with E-state index < -0.39 is 0 Å². The van der Waals surface area contributed by atoms with Crippen molar-refractivity contribution in [2.24, 2.45) is 5.92 Å². The van der Waals surface area contributed by atoms with Gasteiger partial charge in [-0.05, 0) is 43.0 Å². The van der Waals surface area contributed by atoms with Crippen molar-refractivity contribution >= 4 is 27.4 Å². The molecule has 1 fully saturated rings. The Balaban J connectivity index is 1.65. The molecule has 1 aliphatic rings. The van der Waals surface area contributed by atoms with Gasteiger partial charge in [-0.3, -0.25) is 0 Å². The van der Waals surface area contributed by atoms with Crippen molar-refractivity contribution in [2.45, 2.75) is 51.5 Å². The van der Waals surface area contributed by atoms with E-state index in [0.717, 1.165) is 17.3 Å². The molecule has 3 nitrogen and oxygen atoms in total. The van der Waals surface area contributed by atoms with Crippen LogP contribution in [0.4, 0.5) is 5.82 Å². The zero-order valence-electron chi connectivity index (χ0n) is 11.4. The first-order valence-electron chi connectivity index (χ1n) is 7.31. The Kier molecular flexibility index (Phi) is 3.97. The molecule has 102 valence electrons. The molecule has 0 aliphatic heterocycles. The minimum atomic E-state index is 0.591. The summed E-state index contributed by atoms with van der Waals surface area (Å²) in [5.74, 6) is 1.98. The van der Waals surface area contributed by atoms with Crippen LogP contribution in [0.15, 0.2) is 17.8 Å². The largest absolute Gasteiger partial charge is 0.366 e. The SMILES string of the molecule is CCCC1CCC(Nc2ncnc3ccsc23)CC1. The molecule has 2 aromatic rings. The van der Waals surface area contributed by atoms with E-state index in [1.807, 2.05) is 0 Å². The highest BCUT2D eigenvalue weighted by Gasteiger charge is 2.21. The fraction of sp³-hybridized carbons (Fsp3) is 0.600. The van der Waals surface area contributed by atoms with E-state index in [0.29, 0.717) is 6.04 Å². The number of anilines is 1. The third-order valence-electron chi connectivity index (χ3n) is 4.13. The highest BCUT2D eigenvalue weighted by molar-refractivity contribution is 7.17. The summed E-state index contributed by atoms with van der Waals surface area (Å²) in [5.41, 5.74) is 1.06. The molecule has 0 aromatic carbocycles. The van der Waals surface area contributed by atoms with Gasteiger partial charge < -0.3 is 5.32 Å². The summed E-state index contributed by atoms with van der Waals surface area (Å²) >= 11 is 1.72. The summed E-state index contributed by atoms with van der Waals surface area (Å²) in [7, 11) is 0.